The lowest BCUT2D eigenvalue weighted by Crippen LogP contribution is -2.18. The smallest absolute Gasteiger partial charge is 0.337 e. The summed E-state index contributed by atoms with van der Waals surface area (Å²) < 4.78 is 2.51. The van der Waals surface area contributed by atoms with Crippen molar-refractivity contribution in [3.05, 3.63) is 35.4 Å². The Morgan fingerprint density at radius 3 is 1.88 bits per heavy atom. The van der Waals surface area contributed by atoms with Crippen molar-refractivity contribution in [1.82, 2.24) is 0 Å². The molecule has 0 heterocycles. The highest BCUT2D eigenvalue weighted by Crippen LogP contribution is 2.30. The average Bonchev–Trinajstić information content (AvgIpc) is 2.26. The van der Waals surface area contributed by atoms with Crippen molar-refractivity contribution in [3.8, 4) is 0 Å². The lowest BCUT2D eigenvalue weighted by molar-refractivity contribution is 0.0600. The molecule has 1 aromatic rings. The fourth-order valence-electron chi connectivity index (χ4n) is 1.04. The van der Waals surface area contributed by atoms with Gasteiger partial charge in [-0.3, -0.25) is 4.79 Å². The van der Waals surface area contributed by atoms with Crippen LogP contribution >= 0.6 is 34.8 Å². The molecule has 0 radical (unpaired) electrons. The van der Waals surface area contributed by atoms with E-state index in [1.54, 1.807) is 0 Å². The number of halogens is 3. The Kier molecular flexibility index (Phi) is 4.19. The van der Waals surface area contributed by atoms with Gasteiger partial charge < -0.3 is 4.74 Å². The Hall–Kier alpha value is -0.770. The molecule has 0 aromatic heterocycles. The number of Topliss-reactive ketones (excluding diaryl/α,β-unsaturated/α-hetero) is 1. The number of methoxy groups -OCH3 is 1. The molecule has 16 heavy (non-hydrogen) atoms. The Morgan fingerprint density at radius 2 is 1.50 bits per heavy atom. The van der Waals surface area contributed by atoms with Crippen LogP contribution in [-0.4, -0.2) is 22.7 Å². The van der Waals surface area contributed by atoms with Crippen molar-refractivity contribution < 1.29 is 14.3 Å². The zero-order valence-electron chi connectivity index (χ0n) is 8.17. The van der Waals surface area contributed by atoms with E-state index in [4.69, 9.17) is 34.8 Å². The number of carbonyl (C=O) groups excluding carboxylic acids is 2. The first-order chi connectivity index (χ1) is 7.36. The Morgan fingerprint density at radius 1 is 1.06 bits per heavy atom. The first-order valence-corrected chi connectivity index (χ1v) is 5.29. The van der Waals surface area contributed by atoms with Crippen LogP contribution in [0.5, 0.6) is 0 Å². The van der Waals surface area contributed by atoms with Crippen molar-refractivity contribution in [2.45, 2.75) is 3.79 Å². The third kappa shape index (κ3) is 3.11. The normalized spacial score (nSPS) is 11.0. The molecular weight excluding hydrogens is 274 g/mol. The van der Waals surface area contributed by atoms with Crippen LogP contribution in [0.2, 0.25) is 0 Å². The summed E-state index contributed by atoms with van der Waals surface area (Å²) in [4.78, 5) is 22.6. The number of alkyl halides is 3. The highest BCUT2D eigenvalue weighted by atomic mass is 35.6. The van der Waals surface area contributed by atoms with E-state index in [1.807, 2.05) is 0 Å². The van der Waals surface area contributed by atoms with Crippen molar-refractivity contribution in [1.29, 1.82) is 0 Å². The average molecular weight is 282 g/mol. The molecule has 0 aliphatic rings. The molecule has 0 amide bonds. The first-order valence-electron chi connectivity index (χ1n) is 4.16. The molecule has 1 aromatic carbocycles. The fourth-order valence-corrected chi connectivity index (χ4v) is 1.37. The molecule has 0 aliphatic heterocycles. The number of hydrogen-bond acceptors (Lipinski definition) is 3. The molecule has 0 bridgehead atoms. The van der Waals surface area contributed by atoms with E-state index in [1.165, 1.54) is 31.4 Å². The quantitative estimate of drug-likeness (QED) is 0.475. The van der Waals surface area contributed by atoms with Gasteiger partial charge in [0.15, 0.2) is 0 Å². The summed E-state index contributed by atoms with van der Waals surface area (Å²) >= 11 is 16.3. The highest BCUT2D eigenvalue weighted by Gasteiger charge is 2.31. The molecular formula is C10H7Cl3O3. The Bertz CT molecular complexity index is 406. The summed E-state index contributed by atoms with van der Waals surface area (Å²) in [5, 5.41) is 0. The van der Waals surface area contributed by atoms with Crippen LogP contribution in [-0.2, 0) is 4.74 Å². The lowest BCUT2D eigenvalue weighted by atomic mass is 10.1. The highest BCUT2D eigenvalue weighted by molar-refractivity contribution is 6.77. The minimum atomic E-state index is -1.99. The molecule has 0 unspecified atom stereocenters. The molecule has 3 nitrogen and oxygen atoms in total. The standard InChI is InChI=1S/C10H7Cl3O3/c1-16-9(15)7-4-2-6(3-5-7)8(14)10(11,12)13/h2-5H,1H3. The van der Waals surface area contributed by atoms with Crippen molar-refractivity contribution in [2.24, 2.45) is 0 Å². The molecule has 1 rings (SSSR count). The number of carbonyl (C=O) groups is 2. The monoisotopic (exact) mass is 280 g/mol. The third-order valence-electron chi connectivity index (χ3n) is 1.83. The van der Waals surface area contributed by atoms with E-state index in [-0.39, 0.29) is 5.56 Å². The maximum atomic E-state index is 11.5. The number of ketones is 1. The second-order valence-corrected chi connectivity index (χ2v) is 5.18. The van der Waals surface area contributed by atoms with Gasteiger partial charge in [0, 0.05) is 5.56 Å². The van der Waals surface area contributed by atoms with Gasteiger partial charge >= 0.3 is 5.97 Å². The van der Waals surface area contributed by atoms with E-state index in [2.05, 4.69) is 4.74 Å². The van der Waals surface area contributed by atoms with Crippen LogP contribution in [0.25, 0.3) is 0 Å². The van der Waals surface area contributed by atoms with Gasteiger partial charge in [0.05, 0.1) is 12.7 Å². The second-order valence-electron chi connectivity index (χ2n) is 2.90. The van der Waals surface area contributed by atoms with Gasteiger partial charge in [-0.15, -0.1) is 0 Å². The molecule has 86 valence electrons. The SMILES string of the molecule is COC(=O)c1ccc(C(=O)C(Cl)(Cl)Cl)cc1. The zero-order chi connectivity index (χ0) is 12.3. The van der Waals surface area contributed by atoms with Crippen LogP contribution in [0.15, 0.2) is 24.3 Å². The van der Waals surface area contributed by atoms with E-state index in [0.29, 0.717) is 5.56 Å². The molecule has 0 saturated carbocycles. The predicted molar refractivity (Wildman–Crippen MR) is 62.4 cm³/mol. The van der Waals surface area contributed by atoms with E-state index >= 15 is 0 Å². The van der Waals surface area contributed by atoms with E-state index in [9.17, 15) is 9.59 Å². The summed E-state index contributed by atoms with van der Waals surface area (Å²) in [6, 6.07) is 5.65. The van der Waals surface area contributed by atoms with Crippen molar-refractivity contribution in [3.63, 3.8) is 0 Å². The van der Waals surface area contributed by atoms with E-state index < -0.39 is 15.5 Å². The summed E-state index contributed by atoms with van der Waals surface area (Å²) in [5.74, 6) is -1.14. The molecule has 0 saturated heterocycles. The summed E-state index contributed by atoms with van der Waals surface area (Å²) in [6.07, 6.45) is 0. The minimum Gasteiger partial charge on any atom is -0.465 e. The van der Waals surface area contributed by atoms with Crippen LogP contribution in [0, 0.1) is 0 Å². The Labute approximate surface area is 107 Å². The van der Waals surface area contributed by atoms with Gasteiger partial charge in [-0.25, -0.2) is 4.79 Å². The number of hydrogen-bond donors (Lipinski definition) is 0. The lowest BCUT2D eigenvalue weighted by Gasteiger charge is -2.09. The number of esters is 1. The molecule has 0 aliphatic carbocycles. The molecule has 0 atom stereocenters. The summed E-state index contributed by atoms with van der Waals surface area (Å²) in [6.45, 7) is 0. The fraction of sp³-hybridized carbons (Fsp3) is 0.200. The first kappa shape index (κ1) is 13.3. The maximum absolute atomic E-state index is 11.5. The minimum absolute atomic E-state index is 0.215. The molecule has 0 N–H and O–H groups in total. The van der Waals surface area contributed by atoms with Gasteiger partial charge in [-0.05, 0) is 12.1 Å². The summed E-state index contributed by atoms with van der Waals surface area (Å²) in [7, 11) is 1.27. The Balaban J connectivity index is 2.96. The zero-order valence-corrected chi connectivity index (χ0v) is 10.4. The number of benzene rings is 1. The maximum Gasteiger partial charge on any atom is 0.337 e. The van der Waals surface area contributed by atoms with Gasteiger partial charge in [0.2, 0.25) is 5.78 Å². The topological polar surface area (TPSA) is 43.4 Å². The third-order valence-corrected chi connectivity index (χ3v) is 2.34. The van der Waals surface area contributed by atoms with Crippen LogP contribution in [0.3, 0.4) is 0 Å². The van der Waals surface area contributed by atoms with Crippen LogP contribution < -0.4 is 0 Å². The number of ether oxygens (including phenoxy) is 1. The molecule has 0 spiro atoms. The second kappa shape index (κ2) is 5.04. The summed E-state index contributed by atoms with van der Waals surface area (Å²) in [5.41, 5.74) is 0.538. The van der Waals surface area contributed by atoms with Gasteiger partial charge in [-0.2, -0.15) is 0 Å². The molecule has 0 fully saturated rings. The van der Waals surface area contributed by atoms with Crippen molar-refractivity contribution >= 4 is 46.6 Å². The van der Waals surface area contributed by atoms with Crippen molar-refractivity contribution in [2.75, 3.05) is 7.11 Å². The van der Waals surface area contributed by atoms with Crippen LogP contribution in [0.1, 0.15) is 20.7 Å². The number of rotatable bonds is 2. The van der Waals surface area contributed by atoms with Crippen LogP contribution in [0.4, 0.5) is 0 Å². The van der Waals surface area contributed by atoms with Gasteiger partial charge in [0.25, 0.3) is 3.79 Å². The van der Waals surface area contributed by atoms with E-state index in [0.717, 1.165) is 0 Å². The van der Waals surface area contributed by atoms with Gasteiger partial charge in [0.1, 0.15) is 0 Å². The largest absolute Gasteiger partial charge is 0.465 e. The predicted octanol–water partition coefficient (Wildman–Crippen LogP) is 3.03. The van der Waals surface area contributed by atoms with Gasteiger partial charge in [-0.1, -0.05) is 46.9 Å². The molecule has 6 heteroatoms.